The molecule has 0 amide bonds. The Labute approximate surface area is 88.1 Å². The van der Waals surface area contributed by atoms with Gasteiger partial charge in [0.05, 0.1) is 0 Å². The van der Waals surface area contributed by atoms with E-state index in [4.69, 9.17) is 16.3 Å². The zero-order valence-corrected chi connectivity index (χ0v) is 9.06. The standard InChI is InChI=1S/C10H13ClO3/c1-6(14-7(2)12)10(13)8-4-3-5-9(8)11/h6H,3-5H2,1-2H3. The number of esters is 1. The van der Waals surface area contributed by atoms with Gasteiger partial charge in [-0.1, -0.05) is 11.6 Å². The number of Topliss-reactive ketones (excluding diaryl/α,β-unsaturated/α-hetero) is 1. The smallest absolute Gasteiger partial charge is 0.303 e. The first-order valence-electron chi connectivity index (χ1n) is 4.61. The van der Waals surface area contributed by atoms with Gasteiger partial charge in [0.2, 0.25) is 0 Å². The monoisotopic (exact) mass is 216 g/mol. The van der Waals surface area contributed by atoms with E-state index in [2.05, 4.69) is 0 Å². The number of carbonyl (C=O) groups excluding carboxylic acids is 2. The average molecular weight is 217 g/mol. The van der Waals surface area contributed by atoms with Crippen molar-refractivity contribution in [3.8, 4) is 0 Å². The highest BCUT2D eigenvalue weighted by atomic mass is 35.5. The van der Waals surface area contributed by atoms with Crippen LogP contribution in [0.25, 0.3) is 0 Å². The van der Waals surface area contributed by atoms with Crippen molar-refractivity contribution in [3.63, 3.8) is 0 Å². The summed E-state index contributed by atoms with van der Waals surface area (Å²) < 4.78 is 4.79. The molecule has 0 aromatic rings. The summed E-state index contributed by atoms with van der Waals surface area (Å²) in [4.78, 5) is 22.3. The van der Waals surface area contributed by atoms with Gasteiger partial charge in [0.1, 0.15) is 0 Å². The minimum absolute atomic E-state index is 0.164. The summed E-state index contributed by atoms with van der Waals surface area (Å²) in [5.74, 6) is -0.608. The van der Waals surface area contributed by atoms with Crippen molar-refractivity contribution in [2.45, 2.75) is 39.2 Å². The Morgan fingerprint density at radius 3 is 2.50 bits per heavy atom. The van der Waals surface area contributed by atoms with Gasteiger partial charge in [-0.25, -0.2) is 0 Å². The summed E-state index contributed by atoms with van der Waals surface area (Å²) in [7, 11) is 0. The Morgan fingerprint density at radius 2 is 2.07 bits per heavy atom. The third-order valence-corrected chi connectivity index (χ3v) is 2.58. The Bertz CT molecular complexity index is 294. The third-order valence-electron chi connectivity index (χ3n) is 2.16. The summed E-state index contributed by atoms with van der Waals surface area (Å²) in [6.07, 6.45) is 1.65. The van der Waals surface area contributed by atoms with Gasteiger partial charge in [0, 0.05) is 17.5 Å². The Hall–Kier alpha value is -0.830. The molecule has 0 saturated heterocycles. The van der Waals surface area contributed by atoms with E-state index in [1.54, 1.807) is 6.92 Å². The highest BCUT2D eigenvalue weighted by Gasteiger charge is 2.25. The van der Waals surface area contributed by atoms with E-state index in [-0.39, 0.29) is 5.78 Å². The fourth-order valence-electron chi connectivity index (χ4n) is 1.51. The van der Waals surface area contributed by atoms with Gasteiger partial charge in [-0.05, 0) is 26.2 Å². The maximum absolute atomic E-state index is 11.7. The van der Waals surface area contributed by atoms with E-state index in [0.29, 0.717) is 17.0 Å². The molecule has 1 rings (SSSR count). The molecular formula is C10H13ClO3. The second-order valence-corrected chi connectivity index (χ2v) is 3.81. The predicted octanol–water partition coefficient (Wildman–Crippen LogP) is 2.18. The molecule has 0 aliphatic heterocycles. The molecule has 1 aliphatic carbocycles. The maximum Gasteiger partial charge on any atom is 0.303 e. The molecule has 0 radical (unpaired) electrons. The molecular weight excluding hydrogens is 204 g/mol. The lowest BCUT2D eigenvalue weighted by Crippen LogP contribution is -2.24. The predicted molar refractivity (Wildman–Crippen MR) is 53.0 cm³/mol. The molecule has 0 spiro atoms. The lowest BCUT2D eigenvalue weighted by atomic mass is 10.1. The van der Waals surface area contributed by atoms with E-state index in [0.717, 1.165) is 12.8 Å². The Balaban J connectivity index is 2.65. The fourth-order valence-corrected chi connectivity index (χ4v) is 1.83. The number of hydrogen-bond donors (Lipinski definition) is 0. The Morgan fingerprint density at radius 1 is 1.43 bits per heavy atom. The number of ether oxygens (including phenoxy) is 1. The maximum atomic E-state index is 11.7. The highest BCUT2D eigenvalue weighted by molar-refractivity contribution is 6.32. The van der Waals surface area contributed by atoms with Gasteiger partial charge in [0.15, 0.2) is 11.9 Å². The van der Waals surface area contributed by atoms with Crippen LogP contribution in [0.3, 0.4) is 0 Å². The van der Waals surface area contributed by atoms with E-state index in [1.807, 2.05) is 0 Å². The first kappa shape index (κ1) is 11.2. The lowest BCUT2D eigenvalue weighted by molar-refractivity contribution is -0.150. The van der Waals surface area contributed by atoms with Crippen molar-refractivity contribution in [1.29, 1.82) is 0 Å². The molecule has 0 N–H and O–H groups in total. The number of rotatable bonds is 3. The second-order valence-electron chi connectivity index (χ2n) is 3.35. The SMILES string of the molecule is CC(=O)OC(C)C(=O)C1=C(Cl)CCC1. The molecule has 0 fully saturated rings. The summed E-state index contributed by atoms with van der Waals surface area (Å²) >= 11 is 5.87. The first-order chi connectivity index (χ1) is 6.52. The largest absolute Gasteiger partial charge is 0.454 e. The molecule has 0 aromatic heterocycles. The third kappa shape index (κ3) is 2.58. The van der Waals surface area contributed by atoms with Crippen molar-refractivity contribution in [2.24, 2.45) is 0 Å². The van der Waals surface area contributed by atoms with Crippen LogP contribution in [0.15, 0.2) is 10.6 Å². The molecule has 78 valence electrons. The van der Waals surface area contributed by atoms with Gasteiger partial charge in [-0.3, -0.25) is 9.59 Å². The molecule has 0 saturated carbocycles. The quantitative estimate of drug-likeness (QED) is 0.680. The van der Waals surface area contributed by atoms with Crippen LogP contribution in [0.4, 0.5) is 0 Å². The van der Waals surface area contributed by atoms with Gasteiger partial charge < -0.3 is 4.74 Å². The number of ketones is 1. The van der Waals surface area contributed by atoms with E-state index >= 15 is 0 Å². The highest BCUT2D eigenvalue weighted by Crippen LogP contribution is 2.30. The van der Waals surface area contributed by atoms with Crippen molar-refractivity contribution in [3.05, 3.63) is 10.6 Å². The van der Waals surface area contributed by atoms with E-state index in [1.165, 1.54) is 6.92 Å². The van der Waals surface area contributed by atoms with Crippen molar-refractivity contribution in [1.82, 2.24) is 0 Å². The molecule has 0 heterocycles. The van der Waals surface area contributed by atoms with Crippen molar-refractivity contribution < 1.29 is 14.3 Å². The number of halogens is 1. The van der Waals surface area contributed by atoms with Crippen LogP contribution >= 0.6 is 11.6 Å². The molecule has 14 heavy (non-hydrogen) atoms. The van der Waals surface area contributed by atoms with Crippen LogP contribution in [-0.2, 0) is 14.3 Å². The van der Waals surface area contributed by atoms with Crippen LogP contribution in [0.1, 0.15) is 33.1 Å². The summed E-state index contributed by atoms with van der Waals surface area (Å²) in [6, 6.07) is 0. The van der Waals surface area contributed by atoms with Crippen molar-refractivity contribution >= 4 is 23.4 Å². The number of hydrogen-bond acceptors (Lipinski definition) is 3. The van der Waals surface area contributed by atoms with Crippen LogP contribution < -0.4 is 0 Å². The summed E-state index contributed by atoms with van der Waals surface area (Å²) in [6.45, 7) is 2.85. The van der Waals surface area contributed by atoms with Crippen LogP contribution in [0.5, 0.6) is 0 Å². The van der Waals surface area contributed by atoms with Gasteiger partial charge in [-0.2, -0.15) is 0 Å². The molecule has 4 heteroatoms. The van der Waals surface area contributed by atoms with Crippen LogP contribution in [0.2, 0.25) is 0 Å². The fraction of sp³-hybridized carbons (Fsp3) is 0.600. The average Bonchev–Trinajstić information content (AvgIpc) is 2.48. The topological polar surface area (TPSA) is 43.4 Å². The molecule has 1 aliphatic rings. The molecule has 0 bridgehead atoms. The summed E-state index contributed by atoms with van der Waals surface area (Å²) in [5, 5.41) is 0.619. The minimum Gasteiger partial charge on any atom is -0.454 e. The lowest BCUT2D eigenvalue weighted by Gasteiger charge is -2.11. The number of allylic oxidation sites excluding steroid dienone is 1. The van der Waals surface area contributed by atoms with Crippen LogP contribution in [0, 0.1) is 0 Å². The van der Waals surface area contributed by atoms with Crippen molar-refractivity contribution in [2.75, 3.05) is 0 Å². The van der Waals surface area contributed by atoms with E-state index in [9.17, 15) is 9.59 Å². The van der Waals surface area contributed by atoms with Gasteiger partial charge in [-0.15, -0.1) is 0 Å². The Kier molecular flexibility index (Phi) is 3.69. The van der Waals surface area contributed by atoms with Gasteiger partial charge >= 0.3 is 5.97 Å². The van der Waals surface area contributed by atoms with E-state index < -0.39 is 12.1 Å². The minimum atomic E-state index is -0.714. The second kappa shape index (κ2) is 4.60. The normalized spacial score (nSPS) is 18.2. The first-order valence-corrected chi connectivity index (χ1v) is 4.99. The summed E-state index contributed by atoms with van der Waals surface area (Å²) in [5.41, 5.74) is 0.625. The van der Waals surface area contributed by atoms with Gasteiger partial charge in [0.25, 0.3) is 0 Å². The molecule has 1 atom stereocenters. The molecule has 3 nitrogen and oxygen atoms in total. The molecule has 0 aromatic carbocycles. The number of carbonyl (C=O) groups is 2. The molecule has 1 unspecified atom stereocenters. The van der Waals surface area contributed by atoms with Crippen LogP contribution in [-0.4, -0.2) is 17.9 Å². The zero-order valence-electron chi connectivity index (χ0n) is 8.30. The zero-order chi connectivity index (χ0) is 10.7.